The molecule has 1 unspecified atom stereocenters. The first-order valence-electron chi connectivity index (χ1n) is 5.68. The molecule has 0 aromatic heterocycles. The molecule has 1 heterocycles. The fourth-order valence-corrected chi connectivity index (χ4v) is 1.60. The van der Waals surface area contributed by atoms with E-state index in [1.807, 2.05) is 45.0 Å². The minimum absolute atomic E-state index is 0.240. The molecule has 0 radical (unpaired) electrons. The van der Waals surface area contributed by atoms with Crippen molar-refractivity contribution in [1.82, 2.24) is 5.48 Å². The van der Waals surface area contributed by atoms with Crippen LogP contribution >= 0.6 is 0 Å². The van der Waals surface area contributed by atoms with Crippen LogP contribution < -0.4 is 10.2 Å². The molecule has 1 aliphatic rings. The summed E-state index contributed by atoms with van der Waals surface area (Å²) in [6.07, 6.45) is 0.102. The molecule has 1 aliphatic heterocycles. The molecule has 1 aromatic rings. The van der Waals surface area contributed by atoms with Crippen molar-refractivity contribution in [2.75, 3.05) is 0 Å². The Balaban J connectivity index is 1.92. The Morgan fingerprint density at radius 2 is 2.12 bits per heavy atom. The van der Waals surface area contributed by atoms with Crippen LogP contribution in [0.3, 0.4) is 0 Å². The van der Waals surface area contributed by atoms with E-state index in [2.05, 4.69) is 5.48 Å². The zero-order chi connectivity index (χ0) is 12.5. The fourth-order valence-electron chi connectivity index (χ4n) is 1.60. The van der Waals surface area contributed by atoms with Gasteiger partial charge in [0.15, 0.2) is 6.10 Å². The van der Waals surface area contributed by atoms with Crippen molar-refractivity contribution in [3.05, 3.63) is 29.8 Å². The summed E-state index contributed by atoms with van der Waals surface area (Å²) in [6, 6.07) is 7.67. The second kappa shape index (κ2) is 4.37. The molecular weight excluding hydrogens is 218 g/mol. The summed E-state index contributed by atoms with van der Waals surface area (Å²) in [6.45, 7) is 5.62. The predicted molar refractivity (Wildman–Crippen MR) is 63.5 cm³/mol. The van der Waals surface area contributed by atoms with Crippen molar-refractivity contribution < 1.29 is 14.4 Å². The Morgan fingerprint density at radius 3 is 2.76 bits per heavy atom. The minimum atomic E-state index is -0.491. The van der Waals surface area contributed by atoms with Gasteiger partial charge in [-0.15, -0.1) is 0 Å². The van der Waals surface area contributed by atoms with E-state index in [9.17, 15) is 4.79 Å². The third-order valence-corrected chi connectivity index (χ3v) is 2.40. The van der Waals surface area contributed by atoms with E-state index >= 15 is 0 Å². The van der Waals surface area contributed by atoms with E-state index < -0.39 is 11.7 Å². The normalized spacial score (nSPS) is 18.4. The van der Waals surface area contributed by atoms with Gasteiger partial charge >= 0.3 is 0 Å². The summed E-state index contributed by atoms with van der Waals surface area (Å²) in [7, 11) is 0. The summed E-state index contributed by atoms with van der Waals surface area (Å²) in [5.74, 6) is 0.541. The number of hydroxylamine groups is 1. The zero-order valence-electron chi connectivity index (χ0n) is 10.3. The van der Waals surface area contributed by atoms with Gasteiger partial charge in [-0.1, -0.05) is 18.2 Å². The lowest BCUT2D eigenvalue weighted by Gasteiger charge is -2.20. The van der Waals surface area contributed by atoms with Gasteiger partial charge in [0.2, 0.25) is 0 Å². The number of ether oxygens (including phenoxy) is 1. The van der Waals surface area contributed by atoms with Crippen LogP contribution in [-0.4, -0.2) is 17.6 Å². The van der Waals surface area contributed by atoms with Crippen LogP contribution in [-0.2, 0) is 16.1 Å². The third-order valence-electron chi connectivity index (χ3n) is 2.40. The monoisotopic (exact) mass is 235 g/mol. The average molecular weight is 235 g/mol. The maximum atomic E-state index is 11.8. The van der Waals surface area contributed by atoms with Crippen LogP contribution in [0.15, 0.2) is 24.3 Å². The smallest absolute Gasteiger partial charge is 0.284 e. The summed E-state index contributed by atoms with van der Waals surface area (Å²) in [5, 5.41) is 0. The number of fused-ring (bicyclic) bond motifs is 1. The van der Waals surface area contributed by atoms with Crippen molar-refractivity contribution in [2.24, 2.45) is 0 Å². The molecule has 0 spiro atoms. The van der Waals surface area contributed by atoms with E-state index in [4.69, 9.17) is 9.57 Å². The van der Waals surface area contributed by atoms with Gasteiger partial charge in [-0.2, -0.15) is 0 Å². The molecular formula is C13H17NO3. The highest BCUT2D eigenvalue weighted by atomic mass is 16.7. The first-order valence-corrected chi connectivity index (χ1v) is 5.68. The number of amides is 1. The van der Waals surface area contributed by atoms with E-state index in [-0.39, 0.29) is 5.91 Å². The molecule has 0 saturated carbocycles. The third kappa shape index (κ3) is 2.97. The largest absolute Gasteiger partial charge is 0.480 e. The molecule has 4 heteroatoms. The highest BCUT2D eigenvalue weighted by molar-refractivity contribution is 5.81. The highest BCUT2D eigenvalue weighted by Crippen LogP contribution is 2.28. The number of rotatable bonds is 2. The van der Waals surface area contributed by atoms with Crippen LogP contribution in [0.5, 0.6) is 5.75 Å². The van der Waals surface area contributed by atoms with Crippen LogP contribution in [0, 0.1) is 0 Å². The van der Waals surface area contributed by atoms with Gasteiger partial charge in [-0.3, -0.25) is 9.63 Å². The number of nitrogens with one attached hydrogen (secondary N) is 1. The standard InChI is InChI=1S/C13H17NO3/c1-13(2,3)17-14-12(15)11-8-9-6-4-5-7-10(9)16-11/h4-7,11H,8H2,1-3H3,(H,14,15). The quantitative estimate of drug-likeness (QED) is 0.796. The van der Waals surface area contributed by atoms with E-state index in [1.54, 1.807) is 0 Å². The number of carbonyl (C=O) groups is 1. The fraction of sp³-hybridized carbons (Fsp3) is 0.462. The van der Waals surface area contributed by atoms with Gasteiger partial charge < -0.3 is 4.74 Å². The molecule has 1 atom stereocenters. The lowest BCUT2D eigenvalue weighted by atomic mass is 10.1. The van der Waals surface area contributed by atoms with Crippen molar-refractivity contribution in [2.45, 2.75) is 38.9 Å². The second-order valence-electron chi connectivity index (χ2n) is 5.10. The number of benzene rings is 1. The minimum Gasteiger partial charge on any atom is -0.480 e. The number of para-hydroxylation sites is 1. The van der Waals surface area contributed by atoms with Crippen molar-refractivity contribution in [3.63, 3.8) is 0 Å². The summed E-state index contributed by atoms with van der Waals surface area (Å²) in [4.78, 5) is 17.0. The molecule has 92 valence electrons. The molecule has 0 aliphatic carbocycles. The SMILES string of the molecule is CC(C)(C)ONC(=O)C1Cc2ccccc2O1. The summed E-state index contributed by atoms with van der Waals surface area (Å²) >= 11 is 0. The van der Waals surface area contributed by atoms with Gasteiger partial charge in [0.1, 0.15) is 5.75 Å². The van der Waals surface area contributed by atoms with E-state index in [1.165, 1.54) is 0 Å². The Kier molecular flexibility index (Phi) is 3.07. The maximum absolute atomic E-state index is 11.8. The molecule has 1 amide bonds. The van der Waals surface area contributed by atoms with Crippen LogP contribution in [0.2, 0.25) is 0 Å². The Bertz CT molecular complexity index is 398. The molecule has 1 aromatic carbocycles. The molecule has 0 saturated heterocycles. The topological polar surface area (TPSA) is 47.6 Å². The van der Waals surface area contributed by atoms with E-state index in [0.717, 1.165) is 11.3 Å². The van der Waals surface area contributed by atoms with Crippen molar-refractivity contribution in [3.8, 4) is 5.75 Å². The van der Waals surface area contributed by atoms with Crippen molar-refractivity contribution in [1.29, 1.82) is 0 Å². The molecule has 0 bridgehead atoms. The first kappa shape index (κ1) is 11.9. The van der Waals surface area contributed by atoms with Gasteiger partial charge in [0.05, 0.1) is 5.60 Å². The van der Waals surface area contributed by atoms with Gasteiger partial charge in [-0.05, 0) is 32.4 Å². The molecule has 0 fully saturated rings. The summed E-state index contributed by atoms with van der Waals surface area (Å²) in [5.41, 5.74) is 3.09. The van der Waals surface area contributed by atoms with Gasteiger partial charge in [0.25, 0.3) is 5.91 Å². The Hall–Kier alpha value is -1.55. The first-order chi connectivity index (χ1) is 7.96. The molecule has 17 heavy (non-hydrogen) atoms. The zero-order valence-corrected chi connectivity index (χ0v) is 10.3. The van der Waals surface area contributed by atoms with Crippen LogP contribution in [0.25, 0.3) is 0 Å². The van der Waals surface area contributed by atoms with Crippen LogP contribution in [0.1, 0.15) is 26.3 Å². The Morgan fingerprint density at radius 1 is 1.41 bits per heavy atom. The lowest BCUT2D eigenvalue weighted by Crippen LogP contribution is -2.41. The second-order valence-corrected chi connectivity index (χ2v) is 5.10. The average Bonchev–Trinajstić information content (AvgIpc) is 2.68. The van der Waals surface area contributed by atoms with Crippen LogP contribution in [0.4, 0.5) is 0 Å². The maximum Gasteiger partial charge on any atom is 0.284 e. The number of hydrogen-bond acceptors (Lipinski definition) is 3. The lowest BCUT2D eigenvalue weighted by molar-refractivity contribution is -0.151. The predicted octanol–water partition coefficient (Wildman–Crippen LogP) is 1.84. The van der Waals surface area contributed by atoms with Gasteiger partial charge in [-0.25, -0.2) is 5.48 Å². The number of carbonyl (C=O) groups excluding carboxylic acids is 1. The van der Waals surface area contributed by atoms with Gasteiger partial charge in [0, 0.05) is 6.42 Å². The Labute approximate surface area is 101 Å². The van der Waals surface area contributed by atoms with E-state index in [0.29, 0.717) is 6.42 Å². The molecule has 1 N–H and O–H groups in total. The molecule has 2 rings (SSSR count). The molecule has 4 nitrogen and oxygen atoms in total. The highest BCUT2D eigenvalue weighted by Gasteiger charge is 2.29. The summed E-state index contributed by atoms with van der Waals surface area (Å²) < 4.78 is 5.54. The van der Waals surface area contributed by atoms with Crippen molar-refractivity contribution >= 4 is 5.91 Å². The number of hydrogen-bond donors (Lipinski definition) is 1.